The van der Waals surface area contributed by atoms with Crippen LogP contribution in [0, 0.1) is 11.8 Å². The Morgan fingerprint density at radius 3 is 2.65 bits per heavy atom. The molecule has 0 unspecified atom stereocenters. The van der Waals surface area contributed by atoms with Gasteiger partial charge in [0, 0.05) is 25.3 Å². The fourth-order valence-electron chi connectivity index (χ4n) is 3.82. The van der Waals surface area contributed by atoms with Gasteiger partial charge in [-0.2, -0.15) is 0 Å². The Kier molecular flexibility index (Phi) is 4.85. The van der Waals surface area contributed by atoms with Gasteiger partial charge in [0.2, 0.25) is 5.91 Å². The first-order valence-corrected chi connectivity index (χ1v) is 9.70. The molecule has 26 heavy (non-hydrogen) atoms. The number of nitrogens with one attached hydrogen (secondary N) is 2. The van der Waals surface area contributed by atoms with Crippen molar-refractivity contribution in [3.05, 3.63) is 29.8 Å². The van der Waals surface area contributed by atoms with Crippen LogP contribution in [0.1, 0.15) is 31.7 Å². The molecule has 0 radical (unpaired) electrons. The van der Waals surface area contributed by atoms with Gasteiger partial charge in [0.1, 0.15) is 0 Å². The third-order valence-electron chi connectivity index (χ3n) is 5.66. The van der Waals surface area contributed by atoms with E-state index in [9.17, 15) is 9.59 Å². The van der Waals surface area contributed by atoms with Crippen molar-refractivity contribution >= 4 is 17.6 Å². The van der Waals surface area contributed by atoms with E-state index < -0.39 is 0 Å². The highest BCUT2D eigenvalue weighted by Crippen LogP contribution is 2.33. The Labute approximate surface area is 154 Å². The molecule has 6 nitrogen and oxygen atoms in total. The van der Waals surface area contributed by atoms with Gasteiger partial charge in [-0.1, -0.05) is 19.1 Å². The Morgan fingerprint density at radius 2 is 1.96 bits per heavy atom. The molecule has 2 heterocycles. The summed E-state index contributed by atoms with van der Waals surface area (Å²) in [5.74, 6) is 0.615. The zero-order chi connectivity index (χ0) is 18.1. The Hall–Kier alpha value is -2.08. The first kappa shape index (κ1) is 17.3. The largest absolute Gasteiger partial charge is 0.370 e. The van der Waals surface area contributed by atoms with Gasteiger partial charge < -0.3 is 20.3 Å². The molecule has 1 saturated carbocycles. The van der Waals surface area contributed by atoms with Crippen LogP contribution < -0.4 is 10.6 Å². The number of ether oxygens (including phenoxy) is 1. The fourth-order valence-corrected chi connectivity index (χ4v) is 3.82. The normalized spacial score (nSPS) is 27.3. The summed E-state index contributed by atoms with van der Waals surface area (Å²) in [6.45, 7) is 3.90. The highest BCUT2D eigenvalue weighted by Gasteiger charge is 2.45. The molecule has 4 rings (SSSR count). The minimum absolute atomic E-state index is 0.0429. The maximum atomic E-state index is 12.6. The number of nitrogens with zero attached hydrogens (tertiary/aromatic N) is 1. The average molecular weight is 357 g/mol. The zero-order valence-electron chi connectivity index (χ0n) is 15.2. The SMILES string of the molecule is CCc1ccc(NC(=O)N2C[C@@H]3C[C@@H](C(=O)NCC4CC4)[C@H](C2)O3)cc1. The number of carbonyl (C=O) groups is 2. The molecule has 2 bridgehead atoms. The highest BCUT2D eigenvalue weighted by atomic mass is 16.5. The quantitative estimate of drug-likeness (QED) is 0.850. The van der Waals surface area contributed by atoms with Crippen LogP contribution in [-0.4, -0.2) is 48.7 Å². The van der Waals surface area contributed by atoms with Gasteiger partial charge in [0.25, 0.3) is 0 Å². The monoisotopic (exact) mass is 357 g/mol. The summed E-state index contributed by atoms with van der Waals surface area (Å²) >= 11 is 0. The zero-order valence-corrected chi connectivity index (χ0v) is 15.2. The molecule has 3 atom stereocenters. The lowest BCUT2D eigenvalue weighted by Gasteiger charge is -2.32. The average Bonchev–Trinajstić information content (AvgIpc) is 3.44. The van der Waals surface area contributed by atoms with Crippen LogP contribution in [0.4, 0.5) is 10.5 Å². The van der Waals surface area contributed by atoms with Gasteiger partial charge >= 0.3 is 6.03 Å². The van der Waals surface area contributed by atoms with Gasteiger partial charge in [-0.3, -0.25) is 4.79 Å². The Morgan fingerprint density at radius 1 is 1.19 bits per heavy atom. The Bertz CT molecular complexity index is 671. The molecule has 6 heteroatoms. The number of morpholine rings is 1. The molecule has 0 spiro atoms. The molecule has 3 fully saturated rings. The molecule has 140 valence electrons. The fraction of sp³-hybridized carbons (Fsp3) is 0.600. The third kappa shape index (κ3) is 3.85. The van der Waals surface area contributed by atoms with Crippen molar-refractivity contribution in [3.8, 4) is 0 Å². The predicted octanol–water partition coefficient (Wildman–Crippen LogP) is 2.40. The van der Waals surface area contributed by atoms with Crippen LogP contribution in [-0.2, 0) is 16.0 Å². The second-order valence-electron chi connectivity index (χ2n) is 7.71. The van der Waals surface area contributed by atoms with Gasteiger partial charge in [0.15, 0.2) is 0 Å². The van der Waals surface area contributed by atoms with Crippen molar-refractivity contribution in [2.75, 3.05) is 25.0 Å². The van der Waals surface area contributed by atoms with Crippen LogP contribution in [0.5, 0.6) is 0 Å². The van der Waals surface area contributed by atoms with E-state index in [-0.39, 0.29) is 30.1 Å². The molecule has 0 aromatic heterocycles. The first-order chi connectivity index (χ1) is 12.6. The van der Waals surface area contributed by atoms with Gasteiger partial charge in [0.05, 0.1) is 18.1 Å². The summed E-state index contributed by atoms with van der Waals surface area (Å²) in [4.78, 5) is 26.8. The van der Waals surface area contributed by atoms with Crippen LogP contribution in [0.25, 0.3) is 0 Å². The molecule has 2 saturated heterocycles. The third-order valence-corrected chi connectivity index (χ3v) is 5.66. The van der Waals surface area contributed by atoms with Crippen molar-refractivity contribution < 1.29 is 14.3 Å². The number of likely N-dealkylation sites (tertiary alicyclic amines) is 1. The van der Waals surface area contributed by atoms with E-state index in [1.54, 1.807) is 4.90 Å². The summed E-state index contributed by atoms with van der Waals surface area (Å²) in [5, 5.41) is 6.01. The molecule has 3 aliphatic rings. The number of carbonyl (C=O) groups excluding carboxylic acids is 2. The number of benzene rings is 1. The molecular formula is C20H27N3O3. The van der Waals surface area contributed by atoms with Gasteiger partial charge in [-0.15, -0.1) is 0 Å². The predicted molar refractivity (Wildman–Crippen MR) is 98.9 cm³/mol. The van der Waals surface area contributed by atoms with E-state index in [1.165, 1.54) is 18.4 Å². The standard InChI is InChI=1S/C20H27N3O3/c1-2-13-5-7-15(8-6-13)22-20(25)23-11-16-9-17(18(12-23)26-16)19(24)21-10-14-3-4-14/h5-8,14,16-18H,2-4,9-12H2,1H3,(H,21,24)(H,22,25)/t16-,17+,18-/m0/s1. The second-order valence-corrected chi connectivity index (χ2v) is 7.71. The second kappa shape index (κ2) is 7.27. The number of aryl methyl sites for hydroxylation is 1. The molecule has 1 aromatic carbocycles. The van der Waals surface area contributed by atoms with Gasteiger partial charge in [-0.05, 0) is 49.3 Å². The minimum atomic E-state index is -0.193. The van der Waals surface area contributed by atoms with E-state index in [4.69, 9.17) is 4.74 Å². The van der Waals surface area contributed by atoms with E-state index in [2.05, 4.69) is 17.6 Å². The molecule has 2 aliphatic heterocycles. The number of amides is 3. The summed E-state index contributed by atoms with van der Waals surface area (Å²) in [5.41, 5.74) is 2.04. The number of rotatable bonds is 5. The van der Waals surface area contributed by atoms with Crippen molar-refractivity contribution in [2.45, 2.75) is 44.8 Å². The number of urea groups is 1. The van der Waals surface area contributed by atoms with E-state index in [1.807, 2.05) is 24.3 Å². The van der Waals surface area contributed by atoms with Gasteiger partial charge in [-0.25, -0.2) is 4.79 Å². The lowest BCUT2D eigenvalue weighted by molar-refractivity contribution is -0.127. The Balaban J connectivity index is 1.32. The van der Waals surface area contributed by atoms with Crippen molar-refractivity contribution in [2.24, 2.45) is 11.8 Å². The van der Waals surface area contributed by atoms with E-state index >= 15 is 0 Å². The summed E-state index contributed by atoms with van der Waals surface area (Å²) in [6, 6.07) is 7.80. The molecular weight excluding hydrogens is 330 g/mol. The maximum absolute atomic E-state index is 12.6. The number of hydrogen-bond donors (Lipinski definition) is 2. The maximum Gasteiger partial charge on any atom is 0.322 e. The van der Waals surface area contributed by atoms with Crippen molar-refractivity contribution in [3.63, 3.8) is 0 Å². The molecule has 1 aliphatic carbocycles. The lowest BCUT2D eigenvalue weighted by Crippen LogP contribution is -2.49. The molecule has 1 aromatic rings. The summed E-state index contributed by atoms with van der Waals surface area (Å²) in [7, 11) is 0. The van der Waals surface area contributed by atoms with Crippen molar-refractivity contribution in [1.82, 2.24) is 10.2 Å². The topological polar surface area (TPSA) is 70.7 Å². The number of fused-ring (bicyclic) bond motifs is 2. The summed E-state index contributed by atoms with van der Waals surface area (Å²) in [6.07, 6.45) is 3.89. The van der Waals surface area contributed by atoms with Crippen LogP contribution >= 0.6 is 0 Å². The highest BCUT2D eigenvalue weighted by molar-refractivity contribution is 5.89. The lowest BCUT2D eigenvalue weighted by atomic mass is 9.99. The van der Waals surface area contributed by atoms with Crippen molar-refractivity contribution in [1.29, 1.82) is 0 Å². The smallest absolute Gasteiger partial charge is 0.322 e. The number of hydrogen-bond acceptors (Lipinski definition) is 3. The van der Waals surface area contributed by atoms with Crippen LogP contribution in [0.3, 0.4) is 0 Å². The van der Waals surface area contributed by atoms with E-state index in [0.29, 0.717) is 25.4 Å². The minimum Gasteiger partial charge on any atom is -0.370 e. The molecule has 3 amide bonds. The van der Waals surface area contributed by atoms with Crippen LogP contribution in [0.15, 0.2) is 24.3 Å². The van der Waals surface area contributed by atoms with E-state index in [0.717, 1.165) is 18.7 Å². The first-order valence-electron chi connectivity index (χ1n) is 9.70. The summed E-state index contributed by atoms with van der Waals surface area (Å²) < 4.78 is 5.93. The number of anilines is 1. The van der Waals surface area contributed by atoms with Crippen LogP contribution in [0.2, 0.25) is 0 Å². The molecule has 2 N–H and O–H groups in total.